The summed E-state index contributed by atoms with van der Waals surface area (Å²) in [5.41, 5.74) is 3.38. The van der Waals surface area contributed by atoms with E-state index < -0.39 is 5.97 Å². The van der Waals surface area contributed by atoms with E-state index in [2.05, 4.69) is 17.1 Å². The summed E-state index contributed by atoms with van der Waals surface area (Å²) in [5, 5.41) is 9.13. The molecule has 0 saturated heterocycles. The summed E-state index contributed by atoms with van der Waals surface area (Å²) < 4.78 is 0. The van der Waals surface area contributed by atoms with Gasteiger partial charge in [0.25, 0.3) is 0 Å². The summed E-state index contributed by atoms with van der Waals surface area (Å²) in [5.74, 6) is -0.0490. The van der Waals surface area contributed by atoms with Crippen LogP contribution >= 0.6 is 0 Å². The van der Waals surface area contributed by atoms with E-state index in [0.717, 1.165) is 36.2 Å². The number of aryl methyl sites for hydroxylation is 1. The quantitative estimate of drug-likeness (QED) is 0.822. The predicted molar refractivity (Wildman–Crippen MR) is 97.0 cm³/mol. The number of carboxylic acid groups (broad SMARTS) is 1. The van der Waals surface area contributed by atoms with Crippen LogP contribution in [0.25, 0.3) is 11.1 Å². The number of carboxylic acids is 1. The first-order chi connectivity index (χ1) is 12.1. The van der Waals surface area contributed by atoms with E-state index in [0.29, 0.717) is 6.54 Å². The smallest absolute Gasteiger partial charge is 0.350 e. The van der Waals surface area contributed by atoms with Gasteiger partial charge in [0.15, 0.2) is 0 Å². The maximum atomic E-state index is 11.3. The van der Waals surface area contributed by atoms with Crippen LogP contribution in [-0.2, 0) is 6.42 Å². The van der Waals surface area contributed by atoms with E-state index in [1.807, 2.05) is 25.1 Å². The molecule has 1 heterocycles. The molecular weight excluding hydrogens is 316 g/mol. The van der Waals surface area contributed by atoms with Gasteiger partial charge in [-0.1, -0.05) is 36.4 Å². The average molecular weight is 336 g/mol. The van der Waals surface area contributed by atoms with Crippen molar-refractivity contribution in [1.82, 2.24) is 4.90 Å². The molecule has 5 heteroatoms. The van der Waals surface area contributed by atoms with Crippen molar-refractivity contribution >= 4 is 17.8 Å². The van der Waals surface area contributed by atoms with Crippen LogP contribution in [0, 0.1) is 0 Å². The molecule has 128 valence electrons. The van der Waals surface area contributed by atoms with Crippen LogP contribution in [0.15, 0.2) is 53.5 Å². The molecule has 1 N–H and O–H groups in total. The molecule has 25 heavy (non-hydrogen) atoms. The lowest BCUT2D eigenvalue weighted by molar-refractivity contribution is 0.0697. The number of carbonyl (C=O) groups excluding carboxylic acids is 1. The monoisotopic (exact) mass is 336 g/mol. The summed E-state index contributed by atoms with van der Waals surface area (Å²) in [6, 6.07) is 14.9. The summed E-state index contributed by atoms with van der Waals surface area (Å²) in [6.07, 6.45) is 2.59. The molecule has 0 bridgehead atoms. The molecule has 3 rings (SSSR count). The first-order valence-electron chi connectivity index (χ1n) is 8.40. The number of amidine groups is 1. The molecule has 2 aromatic carbocycles. The Morgan fingerprint density at radius 3 is 2.48 bits per heavy atom. The third-order valence-corrected chi connectivity index (χ3v) is 4.32. The van der Waals surface area contributed by atoms with E-state index in [-0.39, 0.29) is 11.6 Å². The van der Waals surface area contributed by atoms with Gasteiger partial charge in [-0.3, -0.25) is 4.90 Å². The molecule has 5 nitrogen and oxygen atoms in total. The summed E-state index contributed by atoms with van der Waals surface area (Å²) in [4.78, 5) is 28.1. The fourth-order valence-electron chi connectivity index (χ4n) is 2.99. The van der Waals surface area contributed by atoms with Gasteiger partial charge >= 0.3 is 12.0 Å². The molecule has 0 spiro atoms. The highest BCUT2D eigenvalue weighted by Gasteiger charge is 2.26. The van der Waals surface area contributed by atoms with Gasteiger partial charge in [0, 0.05) is 13.0 Å². The van der Waals surface area contributed by atoms with Crippen molar-refractivity contribution in [1.29, 1.82) is 0 Å². The molecule has 0 atom stereocenters. The zero-order valence-electron chi connectivity index (χ0n) is 14.1. The summed E-state index contributed by atoms with van der Waals surface area (Å²) >= 11 is 0. The van der Waals surface area contributed by atoms with Crippen molar-refractivity contribution in [2.45, 2.75) is 26.2 Å². The van der Waals surface area contributed by atoms with Crippen LogP contribution in [0.4, 0.5) is 4.79 Å². The Morgan fingerprint density at radius 2 is 1.80 bits per heavy atom. The second-order valence-electron chi connectivity index (χ2n) is 5.99. The van der Waals surface area contributed by atoms with Crippen LogP contribution in [0.2, 0.25) is 0 Å². The third-order valence-electron chi connectivity index (χ3n) is 4.32. The standard InChI is InChI=1S/C20H20N2O3/c1-2-22-18(21-20(22)25)11-4-7-14-6-3-8-15(12-14)16-9-5-10-17(13-16)19(23)24/h3,5-6,8-10,12-13H,2,4,7,11H2,1H3,(H,23,24). The molecule has 0 radical (unpaired) electrons. The van der Waals surface area contributed by atoms with Crippen LogP contribution in [0.1, 0.15) is 35.7 Å². The van der Waals surface area contributed by atoms with Crippen molar-refractivity contribution in [2.24, 2.45) is 4.99 Å². The minimum Gasteiger partial charge on any atom is -0.478 e. The number of hydrogen-bond donors (Lipinski definition) is 1. The second-order valence-corrected chi connectivity index (χ2v) is 5.99. The van der Waals surface area contributed by atoms with Crippen molar-refractivity contribution in [3.8, 4) is 11.1 Å². The number of urea groups is 1. The van der Waals surface area contributed by atoms with E-state index in [4.69, 9.17) is 5.11 Å². The highest BCUT2D eigenvalue weighted by atomic mass is 16.4. The normalized spacial score (nSPS) is 13.4. The topological polar surface area (TPSA) is 70.0 Å². The predicted octanol–water partition coefficient (Wildman–Crippen LogP) is 4.23. The van der Waals surface area contributed by atoms with Crippen molar-refractivity contribution in [2.75, 3.05) is 6.54 Å². The SMILES string of the molecule is CCN1C(=O)N=C1CCCc1cccc(-c2cccc(C(=O)O)c2)c1. The second kappa shape index (κ2) is 7.30. The fourth-order valence-corrected chi connectivity index (χ4v) is 2.99. The Balaban J connectivity index is 1.66. The van der Waals surface area contributed by atoms with Crippen LogP contribution in [0.5, 0.6) is 0 Å². The zero-order valence-corrected chi connectivity index (χ0v) is 14.1. The molecule has 0 saturated carbocycles. The Kier molecular flexibility index (Phi) is 4.93. The van der Waals surface area contributed by atoms with Gasteiger partial charge in [0.1, 0.15) is 5.84 Å². The summed E-state index contributed by atoms with van der Waals surface area (Å²) in [7, 11) is 0. The van der Waals surface area contributed by atoms with E-state index in [1.165, 1.54) is 5.56 Å². The maximum Gasteiger partial charge on any atom is 0.350 e. The molecule has 0 aliphatic carbocycles. The molecule has 0 unspecified atom stereocenters. The lowest BCUT2D eigenvalue weighted by atomic mass is 9.99. The average Bonchev–Trinajstić information content (AvgIpc) is 2.61. The molecular formula is C20H20N2O3. The maximum absolute atomic E-state index is 11.3. The number of rotatable bonds is 7. The number of hydrogen-bond acceptors (Lipinski definition) is 2. The van der Waals surface area contributed by atoms with Crippen molar-refractivity contribution in [3.63, 3.8) is 0 Å². The van der Waals surface area contributed by atoms with E-state index in [1.54, 1.807) is 23.1 Å². The number of aromatic carboxylic acids is 1. The van der Waals surface area contributed by atoms with Gasteiger partial charge in [-0.15, -0.1) is 0 Å². The summed E-state index contributed by atoms with van der Waals surface area (Å²) in [6.45, 7) is 2.62. The number of nitrogens with zero attached hydrogens (tertiary/aromatic N) is 2. The van der Waals surface area contributed by atoms with Crippen LogP contribution in [-0.4, -0.2) is 34.4 Å². The van der Waals surface area contributed by atoms with Crippen molar-refractivity contribution < 1.29 is 14.7 Å². The molecule has 1 aliphatic heterocycles. The number of amides is 2. The highest BCUT2D eigenvalue weighted by molar-refractivity contribution is 6.11. The number of benzene rings is 2. The van der Waals surface area contributed by atoms with Crippen molar-refractivity contribution in [3.05, 3.63) is 59.7 Å². The van der Waals surface area contributed by atoms with E-state index in [9.17, 15) is 9.59 Å². The minimum atomic E-state index is -0.922. The molecule has 1 aliphatic rings. The molecule has 0 aromatic heterocycles. The Bertz CT molecular complexity index is 842. The lowest BCUT2D eigenvalue weighted by Gasteiger charge is -2.27. The van der Waals surface area contributed by atoms with E-state index >= 15 is 0 Å². The van der Waals surface area contributed by atoms with Gasteiger partial charge < -0.3 is 5.11 Å². The fraction of sp³-hybridized carbons (Fsp3) is 0.250. The van der Waals surface area contributed by atoms with Gasteiger partial charge in [0.05, 0.1) is 5.56 Å². The van der Waals surface area contributed by atoms with Crippen LogP contribution < -0.4 is 0 Å². The van der Waals surface area contributed by atoms with Gasteiger partial charge in [0.2, 0.25) is 0 Å². The van der Waals surface area contributed by atoms with Crippen LogP contribution in [0.3, 0.4) is 0 Å². The molecule has 0 fully saturated rings. The largest absolute Gasteiger partial charge is 0.478 e. The Morgan fingerprint density at radius 1 is 1.08 bits per heavy atom. The molecule has 2 amide bonds. The molecule has 2 aromatic rings. The Labute approximate surface area is 146 Å². The minimum absolute atomic E-state index is 0.141. The highest BCUT2D eigenvalue weighted by Crippen LogP contribution is 2.23. The first kappa shape index (κ1) is 16.9. The van der Waals surface area contributed by atoms with Gasteiger partial charge in [-0.05, 0) is 48.6 Å². The third kappa shape index (κ3) is 3.76. The first-order valence-corrected chi connectivity index (χ1v) is 8.40. The van der Waals surface area contributed by atoms with Gasteiger partial charge in [-0.25, -0.2) is 9.59 Å². The van der Waals surface area contributed by atoms with Gasteiger partial charge in [-0.2, -0.15) is 4.99 Å². The lowest BCUT2D eigenvalue weighted by Crippen LogP contribution is -2.43. The number of aliphatic imine (C=N–C) groups is 1. The Hall–Kier alpha value is -2.95. The number of carbonyl (C=O) groups is 2. The zero-order chi connectivity index (χ0) is 17.8.